The van der Waals surface area contributed by atoms with Crippen molar-refractivity contribution in [2.45, 2.75) is 44.9 Å². The minimum atomic E-state index is -1.19. The summed E-state index contributed by atoms with van der Waals surface area (Å²) in [6.45, 7) is 3.11. The van der Waals surface area contributed by atoms with Crippen molar-refractivity contribution in [3.8, 4) is 0 Å². The third kappa shape index (κ3) is 4.11. The Balaban J connectivity index is 1.45. The fourth-order valence-corrected chi connectivity index (χ4v) is 4.16. The van der Waals surface area contributed by atoms with E-state index in [1.807, 2.05) is 42.5 Å². The molecular weight excluding hydrogens is 369 g/mol. The predicted octanol–water partition coefficient (Wildman–Crippen LogP) is 3.78. The van der Waals surface area contributed by atoms with Crippen molar-refractivity contribution in [2.75, 3.05) is 18.4 Å². The van der Waals surface area contributed by atoms with Crippen LogP contribution in [0.5, 0.6) is 0 Å². The third-order valence-corrected chi connectivity index (χ3v) is 5.85. The molecule has 0 bridgehead atoms. The molecule has 0 spiro atoms. The minimum Gasteiger partial charge on any atom is -0.336 e. The third-order valence-electron chi connectivity index (χ3n) is 5.85. The van der Waals surface area contributed by atoms with E-state index in [9.17, 15) is 14.0 Å². The van der Waals surface area contributed by atoms with Gasteiger partial charge in [-0.15, -0.1) is 0 Å². The van der Waals surface area contributed by atoms with E-state index in [0.717, 1.165) is 18.4 Å². The van der Waals surface area contributed by atoms with Gasteiger partial charge < -0.3 is 15.1 Å². The van der Waals surface area contributed by atoms with Gasteiger partial charge in [0.25, 0.3) is 0 Å². The second kappa shape index (κ2) is 8.23. The summed E-state index contributed by atoms with van der Waals surface area (Å²) in [6, 6.07) is 14.4. The maximum atomic E-state index is 14.2. The Hall–Kier alpha value is -2.89. The lowest BCUT2D eigenvalue weighted by molar-refractivity contribution is -0.136. The number of amides is 3. The molecule has 0 unspecified atom stereocenters. The number of nitrogens with one attached hydrogen (secondary N) is 1. The normalized spacial score (nSPS) is 21.0. The number of rotatable bonds is 3. The van der Waals surface area contributed by atoms with Crippen molar-refractivity contribution >= 4 is 17.6 Å². The van der Waals surface area contributed by atoms with E-state index in [4.69, 9.17) is 0 Å². The largest absolute Gasteiger partial charge is 0.336 e. The van der Waals surface area contributed by atoms with E-state index in [0.29, 0.717) is 18.8 Å². The minimum absolute atomic E-state index is 0.0547. The zero-order valence-electron chi connectivity index (χ0n) is 16.6. The smallest absolute Gasteiger partial charge is 0.322 e. The zero-order valence-corrected chi connectivity index (χ0v) is 16.6. The van der Waals surface area contributed by atoms with Gasteiger partial charge in [0.05, 0.1) is 6.54 Å². The van der Waals surface area contributed by atoms with Gasteiger partial charge in [0.1, 0.15) is 12.2 Å². The van der Waals surface area contributed by atoms with E-state index < -0.39 is 18.2 Å². The van der Waals surface area contributed by atoms with E-state index in [2.05, 4.69) is 18.3 Å². The summed E-state index contributed by atoms with van der Waals surface area (Å²) in [4.78, 5) is 29.0. The van der Waals surface area contributed by atoms with Crippen LogP contribution in [0.25, 0.3) is 0 Å². The number of anilines is 1. The van der Waals surface area contributed by atoms with E-state index in [1.165, 1.54) is 16.0 Å². The molecule has 2 aliphatic heterocycles. The Morgan fingerprint density at radius 1 is 1.10 bits per heavy atom. The second-order valence-corrected chi connectivity index (χ2v) is 7.76. The first-order valence-electron chi connectivity index (χ1n) is 10.2. The molecule has 2 aromatic carbocycles. The van der Waals surface area contributed by atoms with Crippen LogP contribution in [0.2, 0.25) is 0 Å². The van der Waals surface area contributed by atoms with Crippen LogP contribution in [0.4, 0.5) is 14.9 Å². The summed E-state index contributed by atoms with van der Waals surface area (Å²) in [6.07, 6.45) is 0.566. The fraction of sp³-hybridized carbons (Fsp3) is 0.391. The summed E-state index contributed by atoms with van der Waals surface area (Å²) < 4.78 is 14.2. The van der Waals surface area contributed by atoms with E-state index in [-0.39, 0.29) is 18.9 Å². The van der Waals surface area contributed by atoms with Crippen molar-refractivity contribution in [1.29, 1.82) is 0 Å². The van der Waals surface area contributed by atoms with Gasteiger partial charge in [-0.3, -0.25) is 4.79 Å². The van der Waals surface area contributed by atoms with Crippen molar-refractivity contribution in [2.24, 2.45) is 0 Å². The van der Waals surface area contributed by atoms with Gasteiger partial charge in [0, 0.05) is 25.2 Å². The second-order valence-electron chi connectivity index (χ2n) is 7.76. The monoisotopic (exact) mass is 395 g/mol. The number of aryl methyl sites for hydroxylation is 1. The molecule has 0 aromatic heterocycles. The summed E-state index contributed by atoms with van der Waals surface area (Å²) in [5.41, 5.74) is 4.18. The number of fused-ring (bicyclic) bond motifs is 1. The number of hydrogen-bond acceptors (Lipinski definition) is 2. The van der Waals surface area contributed by atoms with E-state index in [1.54, 1.807) is 4.90 Å². The van der Waals surface area contributed by atoms with Crippen LogP contribution in [0.1, 0.15) is 30.0 Å². The van der Waals surface area contributed by atoms with Crippen molar-refractivity contribution in [3.63, 3.8) is 0 Å². The number of urea groups is 1. The summed E-state index contributed by atoms with van der Waals surface area (Å²) in [5.74, 6) is -0.170. The van der Waals surface area contributed by atoms with Crippen LogP contribution >= 0.6 is 0 Å². The predicted molar refractivity (Wildman–Crippen MR) is 110 cm³/mol. The van der Waals surface area contributed by atoms with Crippen molar-refractivity contribution < 1.29 is 14.0 Å². The summed E-state index contributed by atoms with van der Waals surface area (Å²) in [5, 5.41) is 2.81. The lowest BCUT2D eigenvalue weighted by Crippen LogP contribution is -2.50. The van der Waals surface area contributed by atoms with Crippen molar-refractivity contribution in [3.05, 3.63) is 65.2 Å². The molecule has 2 heterocycles. The highest BCUT2D eigenvalue weighted by Crippen LogP contribution is 2.26. The van der Waals surface area contributed by atoms with E-state index >= 15 is 0 Å². The number of halogens is 1. The van der Waals surface area contributed by atoms with Gasteiger partial charge >= 0.3 is 6.03 Å². The van der Waals surface area contributed by atoms with Gasteiger partial charge in [-0.1, -0.05) is 43.3 Å². The molecular formula is C23H26FN3O2. The molecule has 4 rings (SSSR count). The molecule has 6 heteroatoms. The van der Waals surface area contributed by atoms with Crippen LogP contribution < -0.4 is 5.32 Å². The highest BCUT2D eigenvalue weighted by molar-refractivity contribution is 5.94. The number of nitrogens with zero attached hydrogens (tertiary/aromatic N) is 2. The summed E-state index contributed by atoms with van der Waals surface area (Å²) >= 11 is 0. The highest BCUT2D eigenvalue weighted by Gasteiger charge is 2.42. The van der Waals surface area contributed by atoms with Gasteiger partial charge in [0.2, 0.25) is 5.91 Å². The Labute approximate surface area is 170 Å². The molecule has 5 nitrogen and oxygen atoms in total. The SMILES string of the molecule is CCc1ccc(NC(=O)N2C[C@@H](F)C[C@H]2C(=O)N2CCc3ccccc3C2)cc1. The Kier molecular flexibility index (Phi) is 5.51. The first-order valence-corrected chi connectivity index (χ1v) is 10.2. The van der Waals surface area contributed by atoms with Gasteiger partial charge in [-0.25, -0.2) is 9.18 Å². The molecule has 2 aromatic rings. The molecule has 1 saturated heterocycles. The van der Waals surface area contributed by atoms with Crippen LogP contribution in [0.3, 0.4) is 0 Å². The number of likely N-dealkylation sites (tertiary alicyclic amines) is 1. The number of alkyl halides is 1. The number of hydrogen-bond donors (Lipinski definition) is 1. The van der Waals surface area contributed by atoms with Gasteiger partial charge in [-0.2, -0.15) is 0 Å². The first kappa shape index (κ1) is 19.4. The Morgan fingerprint density at radius 3 is 2.55 bits per heavy atom. The average molecular weight is 395 g/mol. The molecule has 0 aliphatic carbocycles. The standard InChI is InChI=1S/C23H26FN3O2/c1-2-16-7-9-20(10-8-16)25-23(29)27-15-19(24)13-21(27)22(28)26-12-11-17-5-3-4-6-18(17)14-26/h3-10,19,21H,2,11-15H2,1H3,(H,25,29)/t19-,21-/m0/s1. The fourth-order valence-electron chi connectivity index (χ4n) is 4.16. The van der Waals surface area contributed by atoms with Crippen LogP contribution in [0.15, 0.2) is 48.5 Å². The van der Waals surface area contributed by atoms with Gasteiger partial charge in [-0.05, 0) is 41.7 Å². The molecule has 1 fully saturated rings. The molecule has 29 heavy (non-hydrogen) atoms. The zero-order chi connectivity index (χ0) is 20.4. The highest BCUT2D eigenvalue weighted by atomic mass is 19.1. The molecule has 152 valence electrons. The number of carbonyl (C=O) groups excluding carboxylic acids is 2. The van der Waals surface area contributed by atoms with Crippen LogP contribution in [-0.2, 0) is 24.2 Å². The van der Waals surface area contributed by atoms with Crippen molar-refractivity contribution in [1.82, 2.24) is 9.80 Å². The lowest BCUT2D eigenvalue weighted by atomic mass is 9.99. The Morgan fingerprint density at radius 2 is 1.83 bits per heavy atom. The maximum absolute atomic E-state index is 14.2. The molecule has 1 N–H and O–H groups in total. The Bertz CT molecular complexity index is 899. The number of carbonyl (C=O) groups is 2. The van der Waals surface area contributed by atoms with Gasteiger partial charge in [0.15, 0.2) is 0 Å². The molecule has 3 amide bonds. The lowest BCUT2D eigenvalue weighted by Gasteiger charge is -2.33. The maximum Gasteiger partial charge on any atom is 0.322 e. The average Bonchev–Trinajstić information content (AvgIpc) is 3.15. The molecule has 2 atom stereocenters. The first-order chi connectivity index (χ1) is 14.0. The van der Waals surface area contributed by atoms with Crippen LogP contribution in [0, 0.1) is 0 Å². The van der Waals surface area contributed by atoms with Crippen LogP contribution in [-0.4, -0.2) is 47.0 Å². The molecule has 0 radical (unpaired) electrons. The number of benzene rings is 2. The summed E-state index contributed by atoms with van der Waals surface area (Å²) in [7, 11) is 0. The molecule has 0 saturated carbocycles. The topological polar surface area (TPSA) is 52.7 Å². The molecule has 2 aliphatic rings. The quantitative estimate of drug-likeness (QED) is 0.860.